The van der Waals surface area contributed by atoms with Gasteiger partial charge in [-0.05, 0) is 48.6 Å². The number of hydrogen-bond donors (Lipinski definition) is 0. The van der Waals surface area contributed by atoms with Gasteiger partial charge in [-0.2, -0.15) is 0 Å². The molecule has 2 aliphatic rings. The summed E-state index contributed by atoms with van der Waals surface area (Å²) in [6, 6.07) is 16.0. The van der Waals surface area contributed by atoms with E-state index in [0.29, 0.717) is 23.8 Å². The van der Waals surface area contributed by atoms with Crippen molar-refractivity contribution >= 4 is 23.2 Å². The highest BCUT2D eigenvalue weighted by molar-refractivity contribution is 7.09. The number of ketones is 1. The molecule has 5 heteroatoms. The normalized spacial score (nSPS) is 17.0. The quantitative estimate of drug-likeness (QED) is 0.570. The molecule has 0 spiro atoms. The van der Waals surface area contributed by atoms with Crippen LogP contribution in [0.15, 0.2) is 59.7 Å². The number of Topliss-reactive ketones (excluding diaryl/α,β-unsaturated/α-hetero) is 1. The number of thiophene rings is 1. The van der Waals surface area contributed by atoms with E-state index in [-0.39, 0.29) is 5.78 Å². The molecule has 3 heterocycles. The van der Waals surface area contributed by atoms with Gasteiger partial charge >= 0.3 is 0 Å². The van der Waals surface area contributed by atoms with E-state index in [1.807, 2.05) is 49.4 Å². The second-order valence-electron chi connectivity index (χ2n) is 7.42. The van der Waals surface area contributed by atoms with Crippen LogP contribution in [0.4, 0.5) is 0 Å². The molecule has 0 aliphatic carbocycles. The number of aryl methyl sites for hydroxylation is 1. The van der Waals surface area contributed by atoms with Crippen LogP contribution in [0.2, 0.25) is 0 Å². The molecule has 0 amide bonds. The summed E-state index contributed by atoms with van der Waals surface area (Å²) in [5.74, 6) is 1.75. The Bertz CT molecular complexity index is 1080. The fraction of sp³-hybridized carbons (Fsp3) is 0.208. The highest BCUT2D eigenvalue weighted by atomic mass is 32.1. The molecule has 3 aromatic rings. The molecule has 0 saturated carbocycles. The van der Waals surface area contributed by atoms with Gasteiger partial charge in [0.2, 0.25) is 5.78 Å². The van der Waals surface area contributed by atoms with Gasteiger partial charge in [0.15, 0.2) is 5.76 Å². The first-order chi connectivity index (χ1) is 14.2. The third-order valence-electron chi connectivity index (χ3n) is 5.31. The van der Waals surface area contributed by atoms with E-state index in [1.54, 1.807) is 11.3 Å². The lowest BCUT2D eigenvalue weighted by Crippen LogP contribution is -2.33. The number of rotatable bonds is 4. The van der Waals surface area contributed by atoms with Crippen molar-refractivity contribution in [2.75, 3.05) is 13.3 Å². The van der Waals surface area contributed by atoms with Crippen molar-refractivity contribution in [1.82, 2.24) is 4.90 Å². The minimum atomic E-state index is -0.0703. The fourth-order valence-electron chi connectivity index (χ4n) is 3.69. The lowest BCUT2D eigenvalue weighted by Gasteiger charge is -2.29. The summed E-state index contributed by atoms with van der Waals surface area (Å²) in [6.07, 6.45) is 2.80. The number of hydrogen-bond acceptors (Lipinski definition) is 5. The lowest BCUT2D eigenvalue weighted by molar-refractivity contribution is 0.0951. The monoisotopic (exact) mass is 403 g/mol. The van der Waals surface area contributed by atoms with Crippen LogP contribution in [-0.4, -0.2) is 24.0 Å². The van der Waals surface area contributed by atoms with Crippen LogP contribution in [0, 0.1) is 6.92 Å². The molecule has 0 radical (unpaired) electrons. The van der Waals surface area contributed by atoms with Gasteiger partial charge in [-0.1, -0.05) is 35.9 Å². The number of carbonyl (C=O) groups excluding carboxylic acids is 1. The fourth-order valence-corrected chi connectivity index (χ4v) is 4.38. The number of benzene rings is 2. The van der Waals surface area contributed by atoms with Gasteiger partial charge < -0.3 is 9.47 Å². The summed E-state index contributed by atoms with van der Waals surface area (Å²) in [4.78, 5) is 16.5. The molecule has 0 unspecified atom stereocenters. The number of fused-ring (bicyclic) bond motifs is 3. The van der Waals surface area contributed by atoms with Crippen molar-refractivity contribution in [2.45, 2.75) is 19.9 Å². The van der Waals surface area contributed by atoms with Gasteiger partial charge in [-0.15, -0.1) is 11.3 Å². The first-order valence-corrected chi connectivity index (χ1v) is 10.6. The molecule has 2 aromatic carbocycles. The minimum Gasteiger partial charge on any atom is -0.478 e. The molecule has 5 rings (SSSR count). The number of ether oxygens (including phenoxy) is 2. The topological polar surface area (TPSA) is 38.8 Å². The Morgan fingerprint density at radius 3 is 2.79 bits per heavy atom. The van der Waals surface area contributed by atoms with Crippen LogP contribution in [0.3, 0.4) is 0 Å². The van der Waals surface area contributed by atoms with E-state index in [1.165, 1.54) is 10.4 Å². The lowest BCUT2D eigenvalue weighted by atomic mass is 10.0. The Balaban J connectivity index is 1.38. The SMILES string of the molecule is Cc1ccc(/C=C2\Oc3c(ccc4c3CN(CCc3cccs3)CO4)C2=O)cc1. The van der Waals surface area contributed by atoms with Gasteiger partial charge in [0.1, 0.15) is 18.2 Å². The Kier molecular flexibility index (Phi) is 4.70. The second-order valence-corrected chi connectivity index (χ2v) is 8.46. The van der Waals surface area contributed by atoms with E-state index >= 15 is 0 Å². The average molecular weight is 404 g/mol. The predicted octanol–water partition coefficient (Wildman–Crippen LogP) is 5.07. The highest BCUT2D eigenvalue weighted by Crippen LogP contribution is 2.42. The first-order valence-electron chi connectivity index (χ1n) is 9.72. The van der Waals surface area contributed by atoms with Gasteiger partial charge in [-0.3, -0.25) is 9.69 Å². The zero-order valence-electron chi connectivity index (χ0n) is 16.2. The molecule has 0 bridgehead atoms. The van der Waals surface area contributed by atoms with Gasteiger partial charge in [0.05, 0.1) is 11.1 Å². The third kappa shape index (κ3) is 3.59. The summed E-state index contributed by atoms with van der Waals surface area (Å²) in [7, 11) is 0. The summed E-state index contributed by atoms with van der Waals surface area (Å²) in [5.41, 5.74) is 3.71. The standard InChI is InChI=1S/C24H21NO3S/c1-16-4-6-17(7-5-16)13-22-23(26)19-8-9-21-20(24(19)28-22)14-25(15-27-21)11-10-18-3-2-12-29-18/h2-9,12-13H,10-11,14-15H2,1H3/b22-13-. The Hall–Kier alpha value is -2.89. The zero-order chi connectivity index (χ0) is 19.8. The summed E-state index contributed by atoms with van der Waals surface area (Å²) in [6.45, 7) is 4.22. The van der Waals surface area contributed by atoms with Crippen molar-refractivity contribution in [1.29, 1.82) is 0 Å². The number of nitrogens with zero attached hydrogens (tertiary/aromatic N) is 1. The van der Waals surface area contributed by atoms with E-state index in [2.05, 4.69) is 22.4 Å². The predicted molar refractivity (Wildman–Crippen MR) is 114 cm³/mol. The minimum absolute atomic E-state index is 0.0703. The zero-order valence-corrected chi connectivity index (χ0v) is 17.0. The summed E-state index contributed by atoms with van der Waals surface area (Å²) in [5, 5.41) is 2.10. The molecule has 0 atom stereocenters. The van der Waals surface area contributed by atoms with Crippen molar-refractivity contribution < 1.29 is 14.3 Å². The van der Waals surface area contributed by atoms with E-state index in [0.717, 1.165) is 36.4 Å². The Labute approximate surface area is 174 Å². The molecule has 2 aliphatic heterocycles. The van der Waals surface area contributed by atoms with Gasteiger partial charge in [0.25, 0.3) is 0 Å². The molecule has 0 saturated heterocycles. The van der Waals surface area contributed by atoms with Crippen LogP contribution in [0.5, 0.6) is 11.5 Å². The summed E-state index contributed by atoms with van der Waals surface area (Å²) < 4.78 is 12.0. The summed E-state index contributed by atoms with van der Waals surface area (Å²) >= 11 is 1.78. The molecular formula is C24H21NO3S. The molecule has 0 N–H and O–H groups in total. The van der Waals surface area contributed by atoms with Gasteiger partial charge in [-0.25, -0.2) is 0 Å². The maximum atomic E-state index is 12.9. The van der Waals surface area contributed by atoms with Crippen LogP contribution >= 0.6 is 11.3 Å². The van der Waals surface area contributed by atoms with Crippen molar-refractivity contribution in [3.8, 4) is 11.5 Å². The molecule has 29 heavy (non-hydrogen) atoms. The van der Waals surface area contributed by atoms with Crippen LogP contribution in [-0.2, 0) is 13.0 Å². The van der Waals surface area contributed by atoms with Crippen LogP contribution in [0.25, 0.3) is 6.08 Å². The second kappa shape index (κ2) is 7.50. The Morgan fingerprint density at radius 2 is 2.00 bits per heavy atom. The highest BCUT2D eigenvalue weighted by Gasteiger charge is 2.33. The Morgan fingerprint density at radius 1 is 1.14 bits per heavy atom. The maximum absolute atomic E-state index is 12.9. The number of carbonyl (C=O) groups is 1. The van der Waals surface area contributed by atoms with Crippen LogP contribution < -0.4 is 9.47 Å². The molecular weight excluding hydrogens is 382 g/mol. The van der Waals surface area contributed by atoms with Crippen molar-refractivity contribution in [2.24, 2.45) is 0 Å². The molecule has 0 fully saturated rings. The largest absolute Gasteiger partial charge is 0.478 e. The third-order valence-corrected chi connectivity index (χ3v) is 6.25. The van der Waals surface area contributed by atoms with E-state index < -0.39 is 0 Å². The molecule has 4 nitrogen and oxygen atoms in total. The van der Waals surface area contributed by atoms with Crippen LogP contribution in [0.1, 0.15) is 31.9 Å². The van der Waals surface area contributed by atoms with Crippen molar-refractivity contribution in [3.63, 3.8) is 0 Å². The average Bonchev–Trinajstić information content (AvgIpc) is 3.37. The first kappa shape index (κ1) is 18.2. The molecule has 1 aromatic heterocycles. The van der Waals surface area contributed by atoms with Crippen molar-refractivity contribution in [3.05, 3.63) is 86.8 Å². The smallest absolute Gasteiger partial charge is 0.231 e. The van der Waals surface area contributed by atoms with E-state index in [4.69, 9.17) is 9.47 Å². The maximum Gasteiger partial charge on any atom is 0.231 e. The number of allylic oxidation sites excluding steroid dienone is 1. The van der Waals surface area contributed by atoms with E-state index in [9.17, 15) is 4.79 Å². The molecule has 146 valence electrons. The van der Waals surface area contributed by atoms with Gasteiger partial charge in [0, 0.05) is 18.0 Å².